The molecule has 0 spiro atoms. The second-order valence-corrected chi connectivity index (χ2v) is 7.51. The average Bonchev–Trinajstić information content (AvgIpc) is 2.97. The van der Waals surface area contributed by atoms with Crippen molar-refractivity contribution < 1.29 is 13.9 Å². The van der Waals surface area contributed by atoms with E-state index in [9.17, 15) is 9.18 Å². The number of halogens is 1. The molecule has 1 atom stereocenters. The van der Waals surface area contributed by atoms with E-state index in [1.54, 1.807) is 23.5 Å². The van der Waals surface area contributed by atoms with Crippen LogP contribution >= 0.6 is 11.3 Å². The fourth-order valence-corrected chi connectivity index (χ4v) is 3.41. The lowest BCUT2D eigenvalue weighted by atomic mass is 9.85. The highest BCUT2D eigenvalue weighted by molar-refractivity contribution is 7.10. The van der Waals surface area contributed by atoms with Crippen molar-refractivity contribution in [3.8, 4) is 5.75 Å². The Kier molecular flexibility index (Phi) is 5.42. The first-order valence-corrected chi connectivity index (χ1v) is 8.34. The molecule has 0 unspecified atom stereocenters. The van der Waals surface area contributed by atoms with E-state index in [0.717, 1.165) is 4.88 Å². The van der Waals surface area contributed by atoms with Gasteiger partial charge in [0.05, 0.1) is 19.6 Å². The molecule has 0 saturated heterocycles. The molecule has 124 valence electrons. The molecule has 1 aromatic heterocycles. The topological polar surface area (TPSA) is 38.3 Å². The van der Waals surface area contributed by atoms with Gasteiger partial charge in [-0.15, -0.1) is 11.3 Å². The fraction of sp³-hybridized carbons (Fsp3) is 0.389. The van der Waals surface area contributed by atoms with Crippen LogP contribution in [0.1, 0.15) is 37.3 Å². The molecule has 1 heterocycles. The van der Waals surface area contributed by atoms with Gasteiger partial charge in [-0.3, -0.25) is 4.79 Å². The van der Waals surface area contributed by atoms with Gasteiger partial charge in [0.2, 0.25) is 5.91 Å². The molecule has 0 aliphatic heterocycles. The number of rotatable bonds is 5. The van der Waals surface area contributed by atoms with E-state index in [1.807, 2.05) is 17.5 Å². The van der Waals surface area contributed by atoms with Gasteiger partial charge in [-0.2, -0.15) is 0 Å². The smallest absolute Gasteiger partial charge is 0.224 e. The minimum absolute atomic E-state index is 0.0712. The molecule has 0 bridgehead atoms. The first-order valence-electron chi connectivity index (χ1n) is 7.46. The van der Waals surface area contributed by atoms with Crippen LogP contribution in [0.5, 0.6) is 5.75 Å². The van der Waals surface area contributed by atoms with Crippen LogP contribution in [0.15, 0.2) is 35.7 Å². The third kappa shape index (κ3) is 4.55. The summed E-state index contributed by atoms with van der Waals surface area (Å²) in [5, 5.41) is 5.07. The van der Waals surface area contributed by atoms with Crippen molar-refractivity contribution in [2.75, 3.05) is 7.11 Å². The molecule has 5 heteroatoms. The predicted octanol–water partition coefficient (Wildman–Crippen LogP) is 4.34. The third-order valence-corrected chi connectivity index (χ3v) is 4.52. The SMILES string of the molecule is COc1ccc(CC(=O)N[C@H](c2cccs2)C(C)(C)C)cc1F. The van der Waals surface area contributed by atoms with Crippen LogP contribution in [0.25, 0.3) is 0 Å². The van der Waals surface area contributed by atoms with Crippen molar-refractivity contribution in [3.63, 3.8) is 0 Å². The molecular weight excluding hydrogens is 313 g/mol. The van der Waals surface area contributed by atoms with E-state index >= 15 is 0 Å². The van der Waals surface area contributed by atoms with Crippen molar-refractivity contribution >= 4 is 17.2 Å². The number of benzene rings is 1. The van der Waals surface area contributed by atoms with Gasteiger partial charge < -0.3 is 10.1 Å². The first-order chi connectivity index (χ1) is 10.8. The van der Waals surface area contributed by atoms with Crippen molar-refractivity contribution in [2.45, 2.75) is 33.2 Å². The number of hydrogen-bond donors (Lipinski definition) is 1. The number of nitrogens with one attached hydrogen (secondary N) is 1. The number of carbonyl (C=O) groups is 1. The molecule has 0 aliphatic rings. The van der Waals surface area contributed by atoms with Gasteiger partial charge in [0.15, 0.2) is 11.6 Å². The van der Waals surface area contributed by atoms with Crippen LogP contribution in [0.3, 0.4) is 0 Å². The summed E-state index contributed by atoms with van der Waals surface area (Å²) in [6.07, 6.45) is 0.138. The Bertz CT molecular complexity index is 662. The van der Waals surface area contributed by atoms with E-state index in [1.165, 1.54) is 13.2 Å². The predicted molar refractivity (Wildman–Crippen MR) is 91.3 cm³/mol. The number of carbonyl (C=O) groups excluding carboxylic acids is 1. The van der Waals surface area contributed by atoms with Crippen LogP contribution in [0, 0.1) is 11.2 Å². The Morgan fingerprint density at radius 3 is 2.61 bits per heavy atom. The van der Waals surface area contributed by atoms with Gasteiger partial charge >= 0.3 is 0 Å². The maximum absolute atomic E-state index is 13.7. The van der Waals surface area contributed by atoms with Crippen molar-refractivity contribution in [1.29, 1.82) is 0 Å². The normalized spacial score (nSPS) is 12.7. The lowest BCUT2D eigenvalue weighted by Gasteiger charge is -2.30. The summed E-state index contributed by atoms with van der Waals surface area (Å²) < 4.78 is 18.6. The molecule has 3 nitrogen and oxygen atoms in total. The standard InChI is InChI=1S/C18H22FNO2S/c1-18(2,3)17(15-6-5-9-23-15)20-16(21)11-12-7-8-14(22-4)13(19)10-12/h5-10,17H,11H2,1-4H3,(H,20,21)/t17-/m1/s1. The van der Waals surface area contributed by atoms with Gasteiger partial charge in [0.25, 0.3) is 0 Å². The first kappa shape index (κ1) is 17.5. The van der Waals surface area contributed by atoms with Crippen molar-refractivity contribution in [1.82, 2.24) is 5.32 Å². The summed E-state index contributed by atoms with van der Waals surface area (Å²) in [5.41, 5.74) is 0.519. The second kappa shape index (κ2) is 7.13. The van der Waals surface area contributed by atoms with Crippen molar-refractivity contribution in [3.05, 3.63) is 52.0 Å². The molecule has 0 radical (unpaired) electrons. The zero-order valence-corrected chi connectivity index (χ0v) is 14.7. The Hall–Kier alpha value is -1.88. The zero-order chi connectivity index (χ0) is 17.0. The molecule has 0 aliphatic carbocycles. The molecule has 1 N–H and O–H groups in total. The highest BCUT2D eigenvalue weighted by atomic mass is 32.1. The Morgan fingerprint density at radius 2 is 2.09 bits per heavy atom. The number of amides is 1. The van der Waals surface area contributed by atoms with Gasteiger partial charge in [-0.05, 0) is 34.6 Å². The van der Waals surface area contributed by atoms with Gasteiger partial charge in [0, 0.05) is 4.88 Å². The quantitative estimate of drug-likeness (QED) is 0.882. The monoisotopic (exact) mass is 335 g/mol. The summed E-state index contributed by atoms with van der Waals surface area (Å²) in [6, 6.07) is 8.52. The lowest BCUT2D eigenvalue weighted by Crippen LogP contribution is -2.37. The molecule has 2 aromatic rings. The molecule has 0 fully saturated rings. The highest BCUT2D eigenvalue weighted by Crippen LogP contribution is 2.35. The van der Waals surface area contributed by atoms with Crippen LogP contribution in [-0.2, 0) is 11.2 Å². The molecule has 1 aromatic carbocycles. The second-order valence-electron chi connectivity index (χ2n) is 6.53. The summed E-state index contributed by atoms with van der Waals surface area (Å²) in [6.45, 7) is 6.26. The lowest BCUT2D eigenvalue weighted by molar-refractivity contribution is -0.121. The molecule has 1 amide bonds. The van der Waals surface area contributed by atoms with E-state index in [4.69, 9.17) is 4.74 Å². The minimum Gasteiger partial charge on any atom is -0.494 e. The number of ether oxygens (including phenoxy) is 1. The summed E-state index contributed by atoms with van der Waals surface area (Å²) >= 11 is 1.62. The molecule has 2 rings (SSSR count). The van der Waals surface area contributed by atoms with Crippen LogP contribution in [-0.4, -0.2) is 13.0 Å². The van der Waals surface area contributed by atoms with Gasteiger partial charge in [0.1, 0.15) is 0 Å². The maximum Gasteiger partial charge on any atom is 0.224 e. The van der Waals surface area contributed by atoms with Crippen LogP contribution < -0.4 is 10.1 Å². The average molecular weight is 335 g/mol. The molecule has 23 heavy (non-hydrogen) atoms. The van der Waals surface area contributed by atoms with E-state index in [-0.39, 0.29) is 29.5 Å². The Labute approximate surface area is 140 Å². The van der Waals surface area contributed by atoms with Gasteiger partial charge in [-0.1, -0.05) is 32.9 Å². The van der Waals surface area contributed by atoms with E-state index < -0.39 is 5.82 Å². The summed E-state index contributed by atoms with van der Waals surface area (Å²) in [5.74, 6) is -0.397. The van der Waals surface area contributed by atoms with E-state index in [2.05, 4.69) is 26.1 Å². The third-order valence-electron chi connectivity index (χ3n) is 3.58. The number of methoxy groups -OCH3 is 1. The summed E-state index contributed by atoms with van der Waals surface area (Å²) in [4.78, 5) is 13.5. The van der Waals surface area contributed by atoms with Crippen molar-refractivity contribution in [2.24, 2.45) is 5.41 Å². The fourth-order valence-electron chi connectivity index (χ4n) is 2.39. The van der Waals surface area contributed by atoms with E-state index in [0.29, 0.717) is 5.56 Å². The highest BCUT2D eigenvalue weighted by Gasteiger charge is 2.28. The zero-order valence-electron chi connectivity index (χ0n) is 13.9. The van der Waals surface area contributed by atoms with Gasteiger partial charge in [-0.25, -0.2) is 4.39 Å². The Morgan fingerprint density at radius 1 is 1.35 bits per heavy atom. The largest absolute Gasteiger partial charge is 0.494 e. The van der Waals surface area contributed by atoms with Crippen LogP contribution in [0.4, 0.5) is 4.39 Å². The Balaban J connectivity index is 2.09. The number of thiophene rings is 1. The molecular formula is C18H22FNO2S. The number of hydrogen-bond acceptors (Lipinski definition) is 3. The minimum atomic E-state index is -0.455. The molecule has 0 saturated carbocycles. The maximum atomic E-state index is 13.7. The summed E-state index contributed by atoms with van der Waals surface area (Å²) in [7, 11) is 1.42. The van der Waals surface area contributed by atoms with Crippen LogP contribution in [0.2, 0.25) is 0 Å².